The van der Waals surface area contributed by atoms with Crippen LogP contribution in [-0.2, 0) is 68.2 Å². The fourth-order valence-corrected chi connectivity index (χ4v) is 15.9. The number of benzene rings is 6. The van der Waals surface area contributed by atoms with Crippen molar-refractivity contribution in [3.63, 3.8) is 0 Å². The molecule has 27 nitrogen and oxygen atoms in total. The van der Waals surface area contributed by atoms with Crippen LogP contribution in [-0.4, -0.2) is 214 Å². The van der Waals surface area contributed by atoms with Crippen LogP contribution in [0.4, 0.5) is 28.4 Å². The highest BCUT2D eigenvalue weighted by Crippen LogP contribution is 2.48. The lowest BCUT2D eigenvalue weighted by molar-refractivity contribution is -0.401. The molecule has 0 saturated heterocycles. The summed E-state index contributed by atoms with van der Waals surface area (Å²) >= 11 is 0. The lowest BCUT2D eigenvalue weighted by atomic mass is 9.81. The fraction of sp³-hybridized carbons (Fsp3) is 0.505. The molecular formula is C107H148ClN11O16S. The van der Waals surface area contributed by atoms with E-state index in [0.717, 1.165) is 53.5 Å². The number of ether oxygens (including phenoxy) is 8. The van der Waals surface area contributed by atoms with Crippen LogP contribution >= 0.6 is 0 Å². The van der Waals surface area contributed by atoms with Gasteiger partial charge in [0, 0.05) is 120 Å². The normalized spacial score (nSPS) is 14.0. The number of rotatable bonds is 47. The van der Waals surface area contributed by atoms with E-state index in [-0.39, 0.29) is 79.5 Å². The number of azo groups is 1. The molecule has 2 N–H and O–H groups in total. The number of carbonyl (C=O) groups is 5. The standard InChI is InChI=1S/C38H61N3O11S.C35H45N2O.C13H14N2O2.C12H14N2O.C9H14N2O.ClH/c1-33(2)32-37(42)14-16-46-18-20-48-22-24-50-26-28-52-30-29-51-27-25-49-23-21-47-19-17-45-15-5-31-53(43,44)38-12-8-35(9-13-38)40-39-34-6-10-36(11-7-34)41(3)4;1-26(2)31(38)22-10-9-17-25-37-30-21-16-14-19-28(30)35(5,6)33(37)24-12-8-11-23-32-34(3,4)27-18-13-15-20-29(27)36(32)7;1-13(2,3)11(16)10-12(17)15-9-7-5-4-6-8(9)14-10;1-12(2,3)11(15)8-4-5-9-10(6-8)14-7-13-9;1-6-5-7(11-10-6)8(12)9(2,3)4;/h6-13,33H,5,14-32H2,1-4H3;8,11-16,18-21,23-24,26H,9-10,17,22,25H2,1-7H3;4-7H,1-3H3,(H,15,17);4-6H,7H2,1-3H3;5H,1-4H3,(H,10,11);1H/q;+1;;;;/p-1. The summed E-state index contributed by atoms with van der Waals surface area (Å²) in [5.74, 6) is 1.11. The zero-order valence-electron chi connectivity index (χ0n) is 84.1. The van der Waals surface area contributed by atoms with Crippen molar-refractivity contribution in [3.05, 3.63) is 237 Å². The van der Waals surface area contributed by atoms with Gasteiger partial charge in [-0.25, -0.2) is 13.4 Å². The van der Waals surface area contributed by atoms with Crippen LogP contribution < -0.4 is 38.5 Å². The highest BCUT2D eigenvalue weighted by Gasteiger charge is 2.43. The third-order valence-electron chi connectivity index (χ3n) is 22.2. The summed E-state index contributed by atoms with van der Waals surface area (Å²) in [4.78, 5) is 91.0. The van der Waals surface area contributed by atoms with Crippen molar-refractivity contribution < 1.29 is 87.3 Å². The van der Waals surface area contributed by atoms with Gasteiger partial charge >= 0.3 is 0 Å². The van der Waals surface area contributed by atoms with Gasteiger partial charge in [-0.05, 0) is 149 Å². The first-order valence-corrected chi connectivity index (χ1v) is 48.6. The Morgan fingerprint density at radius 1 is 0.559 bits per heavy atom. The zero-order chi connectivity index (χ0) is 98.9. The molecule has 6 aromatic carbocycles. The first kappa shape index (κ1) is 114. The molecule has 3 aliphatic rings. The first-order chi connectivity index (χ1) is 64.0. The van der Waals surface area contributed by atoms with Gasteiger partial charge in [-0.15, -0.1) is 0 Å². The van der Waals surface area contributed by atoms with Gasteiger partial charge < -0.3 is 65.1 Å². The number of aromatic amines is 2. The minimum atomic E-state index is -3.43. The number of nitrogens with one attached hydrogen (secondary N) is 2. The van der Waals surface area contributed by atoms with Crippen molar-refractivity contribution in [3.8, 4) is 0 Å². The van der Waals surface area contributed by atoms with Crippen molar-refractivity contribution in [2.45, 2.75) is 185 Å². The van der Waals surface area contributed by atoms with Crippen molar-refractivity contribution in [1.29, 1.82) is 0 Å². The van der Waals surface area contributed by atoms with Crippen LogP contribution in [0.1, 0.15) is 211 Å². The molecule has 0 bridgehead atoms. The molecule has 0 fully saturated rings. The van der Waals surface area contributed by atoms with E-state index in [1.165, 1.54) is 33.9 Å². The lowest BCUT2D eigenvalue weighted by Crippen LogP contribution is -3.00. The second-order valence-corrected chi connectivity index (χ2v) is 40.5. The van der Waals surface area contributed by atoms with Crippen molar-refractivity contribution >= 4 is 83.9 Å². The minimum absolute atomic E-state index is 0. The SMILES string of the molecule is CC(C)(C)C(=O)c1ccc2c(c1)=NCN=2.CC(C)(C)C(=O)c1nc2ccccc2[nH]c1=O.CC(C)C(=O)CCCCCN1C(=CC=CC=CC2=[N+](C)c3ccccc3C2(C)C)C(C)(C)c2ccccc21.CC(C)CC(=O)CCOCCOCCOCCOCCOCCOCCOCCOCCCS(=O)(=O)c1ccc(N=Nc2ccc(N(C)C)cc2)cc1.Cc1cc(C(=O)C(C)(C)C)n[nH]1.[Cl-]. The molecule has 0 amide bonds. The van der Waals surface area contributed by atoms with Crippen LogP contribution in [0, 0.1) is 35.0 Å². The summed E-state index contributed by atoms with van der Waals surface area (Å²) in [7, 11) is 2.67. The molecule has 136 heavy (non-hydrogen) atoms. The number of carbonyl (C=O) groups excluding carboxylic acids is 5. The number of para-hydroxylation sites is 4. The molecule has 3 aliphatic heterocycles. The van der Waals surface area contributed by atoms with Crippen LogP contribution in [0.2, 0.25) is 0 Å². The Balaban J connectivity index is 0.000000292. The maximum Gasteiger partial charge on any atom is 0.278 e. The van der Waals surface area contributed by atoms with Gasteiger partial charge in [0.2, 0.25) is 5.69 Å². The van der Waals surface area contributed by atoms with Gasteiger partial charge in [0.1, 0.15) is 31.0 Å². The quantitative estimate of drug-likeness (QED) is 0.0118. The molecule has 0 saturated carbocycles. The number of H-pyrrole nitrogens is 2. The highest BCUT2D eigenvalue weighted by molar-refractivity contribution is 7.91. The number of halogens is 1. The molecule has 0 unspecified atom stereocenters. The second kappa shape index (κ2) is 56.5. The summed E-state index contributed by atoms with van der Waals surface area (Å²) in [6.45, 7) is 44.5. The molecule has 740 valence electrons. The average molecular weight is 1910 g/mol. The fourth-order valence-electron chi connectivity index (χ4n) is 14.6. The maximum absolute atomic E-state index is 12.7. The van der Waals surface area contributed by atoms with Crippen molar-refractivity contribution in [1.82, 2.24) is 20.2 Å². The Morgan fingerprint density at radius 2 is 1.07 bits per heavy atom. The lowest BCUT2D eigenvalue weighted by Gasteiger charge is -2.27. The summed E-state index contributed by atoms with van der Waals surface area (Å²) < 4.78 is 71.5. The Hall–Kier alpha value is -10.4. The van der Waals surface area contributed by atoms with Gasteiger partial charge in [-0.3, -0.25) is 43.9 Å². The summed E-state index contributed by atoms with van der Waals surface area (Å²) in [5.41, 5.74) is 12.0. The molecule has 8 aromatic rings. The molecule has 2 aromatic heterocycles. The van der Waals surface area contributed by atoms with Gasteiger partial charge in [0.25, 0.3) is 5.56 Å². The van der Waals surface area contributed by atoms with Crippen LogP contribution in [0.25, 0.3) is 11.0 Å². The van der Waals surface area contributed by atoms with Gasteiger partial charge in [0.15, 0.2) is 38.6 Å². The Kier molecular flexibility index (Phi) is 47.5. The van der Waals surface area contributed by atoms with E-state index in [2.05, 4.69) is 164 Å². The van der Waals surface area contributed by atoms with E-state index in [4.69, 9.17) is 37.9 Å². The molecule has 0 atom stereocenters. The third-order valence-corrected chi connectivity index (χ3v) is 24.1. The van der Waals surface area contributed by atoms with E-state index in [1.807, 2.05) is 150 Å². The Labute approximate surface area is 812 Å². The van der Waals surface area contributed by atoms with Gasteiger partial charge in [-0.2, -0.15) is 19.9 Å². The summed E-state index contributed by atoms with van der Waals surface area (Å²) in [5, 5.41) is 16.8. The topological polar surface area (TPSA) is 327 Å². The number of hydrogen-bond donors (Lipinski definition) is 2. The molecule has 0 aliphatic carbocycles. The Bertz CT molecular complexity index is 5620. The number of unbranched alkanes of at least 4 members (excludes halogenated alkanes) is 2. The number of anilines is 2. The van der Waals surface area contributed by atoms with Gasteiger partial charge in [-0.1, -0.05) is 177 Å². The number of fused-ring (bicyclic) bond motifs is 4. The molecule has 5 heterocycles. The maximum atomic E-state index is 12.7. The minimum Gasteiger partial charge on any atom is -1.00 e. The monoisotopic (exact) mass is 1910 g/mol. The molecule has 0 radical (unpaired) electrons. The van der Waals surface area contributed by atoms with Gasteiger partial charge in [0.05, 0.1) is 148 Å². The number of sulfone groups is 1. The number of aromatic nitrogens is 4. The number of ketones is 5. The van der Waals surface area contributed by atoms with Crippen molar-refractivity contribution in [2.24, 2.45) is 48.3 Å². The van der Waals surface area contributed by atoms with E-state index in [9.17, 15) is 37.2 Å². The highest BCUT2D eigenvalue weighted by atomic mass is 35.5. The van der Waals surface area contributed by atoms with E-state index in [0.29, 0.717) is 178 Å². The predicted molar refractivity (Wildman–Crippen MR) is 536 cm³/mol. The van der Waals surface area contributed by atoms with E-state index >= 15 is 0 Å². The van der Waals surface area contributed by atoms with E-state index < -0.39 is 20.8 Å². The number of Topliss-reactive ketones (excluding diaryl/α,β-unsaturated/α-hetero) is 5. The smallest absolute Gasteiger partial charge is 0.278 e. The largest absolute Gasteiger partial charge is 1.00 e. The summed E-state index contributed by atoms with van der Waals surface area (Å²) in [6, 6.07) is 46.0. The first-order valence-electron chi connectivity index (χ1n) is 47.0. The van der Waals surface area contributed by atoms with Crippen LogP contribution in [0.15, 0.2) is 212 Å². The predicted octanol–water partition coefficient (Wildman–Crippen LogP) is 16.0. The van der Waals surface area contributed by atoms with Crippen LogP contribution in [0.5, 0.6) is 0 Å². The number of aryl methyl sites for hydroxylation is 1. The zero-order valence-corrected chi connectivity index (χ0v) is 85.7. The Morgan fingerprint density at radius 3 is 1.60 bits per heavy atom. The molecule has 11 rings (SSSR count). The number of hydrogen-bond acceptors (Lipinski definition) is 24. The van der Waals surface area contributed by atoms with E-state index in [1.54, 1.807) is 63.2 Å². The van der Waals surface area contributed by atoms with Crippen LogP contribution in [0.3, 0.4) is 0 Å². The summed E-state index contributed by atoms with van der Waals surface area (Å²) in [6.07, 6.45) is 16.3. The second-order valence-electron chi connectivity index (χ2n) is 38.4. The third kappa shape index (κ3) is 37.5. The van der Waals surface area contributed by atoms with Crippen molar-refractivity contribution in [2.75, 3.05) is 156 Å². The molecule has 29 heteroatoms. The number of allylic oxidation sites excluding steroid dienone is 6. The number of nitrogens with zero attached hydrogens (tertiary/aromatic N) is 9. The molecule has 0 spiro atoms. The average Bonchev–Trinajstić information content (AvgIpc) is 1.60. The molecular weight excluding hydrogens is 1760 g/mol.